The van der Waals surface area contributed by atoms with Crippen LogP contribution < -0.4 is 0 Å². The van der Waals surface area contributed by atoms with Gasteiger partial charge >= 0.3 is 6.21 Å². The summed E-state index contributed by atoms with van der Waals surface area (Å²) in [5.74, 6) is -0.592. The summed E-state index contributed by atoms with van der Waals surface area (Å²) in [5.41, 5.74) is 7.16. The molecule has 0 spiro atoms. The van der Waals surface area contributed by atoms with Crippen LogP contribution in [0.15, 0.2) is 12.7 Å². The van der Waals surface area contributed by atoms with Gasteiger partial charge in [0.15, 0.2) is 0 Å². The second-order valence-electron chi connectivity index (χ2n) is 4.19. The monoisotopic (exact) mass is 222 g/mol. The molecule has 4 nitrogen and oxygen atoms in total. The van der Waals surface area contributed by atoms with E-state index in [1.165, 1.54) is 0 Å². The zero-order valence-corrected chi connectivity index (χ0v) is 9.90. The van der Waals surface area contributed by atoms with Gasteiger partial charge in [0, 0.05) is 6.42 Å². The number of allylic oxidation sites excluding steroid dienone is 1. The molecule has 0 unspecified atom stereocenters. The lowest BCUT2D eigenvalue weighted by molar-refractivity contribution is -0.136. The highest BCUT2D eigenvalue weighted by Gasteiger charge is 2.35. The van der Waals surface area contributed by atoms with E-state index in [0.717, 1.165) is 25.5 Å². The molecule has 0 saturated heterocycles. The maximum Gasteiger partial charge on any atom is 0.324 e. The Kier molecular flexibility index (Phi) is 6.19. The summed E-state index contributed by atoms with van der Waals surface area (Å²) in [6, 6.07) is 0. The van der Waals surface area contributed by atoms with Gasteiger partial charge < -0.3 is 5.53 Å². The zero-order valence-electron chi connectivity index (χ0n) is 9.90. The number of rotatable bonds is 8. The van der Waals surface area contributed by atoms with E-state index in [4.69, 9.17) is 5.53 Å². The largest absolute Gasteiger partial charge is 0.361 e. The van der Waals surface area contributed by atoms with Crippen LogP contribution in [0.4, 0.5) is 0 Å². The number of carbonyl (C=O) groups excluding carboxylic acids is 2. The van der Waals surface area contributed by atoms with Crippen LogP contribution in [0.1, 0.15) is 39.5 Å². The fourth-order valence-electron chi connectivity index (χ4n) is 1.24. The van der Waals surface area contributed by atoms with Crippen molar-refractivity contribution >= 4 is 17.8 Å². The van der Waals surface area contributed by atoms with Crippen LogP contribution in [0.3, 0.4) is 0 Å². The summed E-state index contributed by atoms with van der Waals surface area (Å²) in [6.45, 7) is 6.69. The van der Waals surface area contributed by atoms with Gasteiger partial charge in [-0.3, -0.25) is 9.59 Å². The van der Waals surface area contributed by atoms with Crippen molar-refractivity contribution in [1.29, 1.82) is 0 Å². The Morgan fingerprint density at radius 2 is 2.00 bits per heavy atom. The van der Waals surface area contributed by atoms with Crippen molar-refractivity contribution in [2.45, 2.75) is 39.5 Å². The summed E-state index contributed by atoms with van der Waals surface area (Å²) in [6.07, 6.45) is 5.47. The fourth-order valence-corrected chi connectivity index (χ4v) is 1.24. The fraction of sp³-hybridized carbons (Fsp3) is 0.583. The lowest BCUT2D eigenvalue weighted by Crippen LogP contribution is -2.34. The predicted octanol–water partition coefficient (Wildman–Crippen LogP) is 2.20. The average Bonchev–Trinajstić information content (AvgIpc) is 2.24. The van der Waals surface area contributed by atoms with Gasteiger partial charge in [0.1, 0.15) is 5.78 Å². The highest BCUT2D eigenvalue weighted by Crippen LogP contribution is 2.20. The van der Waals surface area contributed by atoms with Gasteiger partial charge in [-0.25, -0.2) is 0 Å². The molecular formula is C12H18N2O2. The molecule has 0 atom stereocenters. The molecule has 0 aliphatic heterocycles. The Bertz CT molecular complexity index is 326. The first-order valence-corrected chi connectivity index (χ1v) is 5.33. The predicted molar refractivity (Wildman–Crippen MR) is 62.1 cm³/mol. The molecule has 0 aromatic rings. The summed E-state index contributed by atoms with van der Waals surface area (Å²) in [4.78, 5) is 25.9. The van der Waals surface area contributed by atoms with Crippen LogP contribution in [0, 0.1) is 5.41 Å². The van der Waals surface area contributed by atoms with Gasteiger partial charge in [0.2, 0.25) is 5.78 Å². The second-order valence-corrected chi connectivity index (χ2v) is 4.19. The molecule has 0 bridgehead atoms. The minimum absolute atomic E-state index is 0.124. The first-order valence-electron chi connectivity index (χ1n) is 5.33. The number of nitrogens with zero attached hydrogens (tertiary/aromatic N) is 2. The van der Waals surface area contributed by atoms with Gasteiger partial charge in [0.05, 0.1) is 5.41 Å². The highest BCUT2D eigenvalue weighted by atomic mass is 16.2. The number of hydrogen-bond acceptors (Lipinski definition) is 2. The topological polar surface area (TPSA) is 70.5 Å². The average molecular weight is 222 g/mol. The number of hydrogen-bond donors (Lipinski definition) is 0. The Balaban J connectivity index is 4.29. The van der Waals surface area contributed by atoms with E-state index in [9.17, 15) is 9.59 Å². The van der Waals surface area contributed by atoms with Crippen LogP contribution >= 0.6 is 0 Å². The molecule has 0 rings (SSSR count). The summed E-state index contributed by atoms with van der Waals surface area (Å²) in [7, 11) is 0. The van der Waals surface area contributed by atoms with Crippen molar-refractivity contribution in [3.05, 3.63) is 18.2 Å². The molecule has 0 heterocycles. The molecule has 0 N–H and O–H groups in total. The quantitative estimate of drug-likeness (QED) is 0.158. The summed E-state index contributed by atoms with van der Waals surface area (Å²) < 4.78 is 0. The molecule has 0 aliphatic carbocycles. The van der Waals surface area contributed by atoms with Crippen molar-refractivity contribution in [2.24, 2.45) is 5.41 Å². The van der Waals surface area contributed by atoms with Crippen molar-refractivity contribution in [3.8, 4) is 0 Å². The molecule has 0 saturated carbocycles. The third kappa shape index (κ3) is 4.32. The molecular weight excluding hydrogens is 204 g/mol. The van der Waals surface area contributed by atoms with Gasteiger partial charge in [-0.15, -0.1) is 6.58 Å². The summed E-state index contributed by atoms with van der Waals surface area (Å²) >= 11 is 0. The minimum Gasteiger partial charge on any atom is -0.361 e. The van der Waals surface area contributed by atoms with Crippen molar-refractivity contribution in [2.75, 3.05) is 0 Å². The summed E-state index contributed by atoms with van der Waals surface area (Å²) in [5, 5.41) is 0. The van der Waals surface area contributed by atoms with E-state index >= 15 is 0 Å². The van der Waals surface area contributed by atoms with E-state index in [1.54, 1.807) is 19.9 Å². The smallest absolute Gasteiger partial charge is 0.324 e. The van der Waals surface area contributed by atoms with E-state index in [0.29, 0.717) is 6.42 Å². The van der Waals surface area contributed by atoms with Gasteiger partial charge in [-0.1, -0.05) is 6.08 Å². The van der Waals surface area contributed by atoms with Crippen molar-refractivity contribution in [3.63, 3.8) is 0 Å². The maximum absolute atomic E-state index is 11.8. The Morgan fingerprint density at radius 3 is 2.50 bits per heavy atom. The molecule has 4 heteroatoms. The lowest BCUT2D eigenvalue weighted by Gasteiger charge is -2.17. The van der Waals surface area contributed by atoms with E-state index in [-0.39, 0.29) is 5.78 Å². The van der Waals surface area contributed by atoms with Crippen LogP contribution in [0.2, 0.25) is 0 Å². The lowest BCUT2D eigenvalue weighted by atomic mass is 9.81. The molecule has 0 amide bonds. The normalized spacial score (nSPS) is 10.4. The van der Waals surface area contributed by atoms with E-state index in [1.807, 2.05) is 0 Å². The Morgan fingerprint density at radius 1 is 1.38 bits per heavy atom. The molecule has 88 valence electrons. The molecule has 0 radical (unpaired) electrons. The standard InChI is InChI=1S/C12H18N2O2/c1-4-5-6-7-8-10(15)12(2,3)11(16)9-14-13/h4,9H,1,5-8H2,2-3H3. The van der Waals surface area contributed by atoms with Gasteiger partial charge in [-0.2, -0.15) is 4.79 Å². The van der Waals surface area contributed by atoms with Crippen LogP contribution in [0.25, 0.3) is 5.53 Å². The first-order chi connectivity index (χ1) is 7.46. The van der Waals surface area contributed by atoms with Crippen molar-refractivity contribution in [1.82, 2.24) is 0 Å². The number of carbonyl (C=O) groups is 2. The van der Waals surface area contributed by atoms with E-state index < -0.39 is 11.2 Å². The number of ketones is 2. The highest BCUT2D eigenvalue weighted by molar-refractivity contribution is 6.33. The maximum atomic E-state index is 11.8. The second kappa shape index (κ2) is 6.85. The van der Waals surface area contributed by atoms with Crippen LogP contribution in [-0.4, -0.2) is 22.6 Å². The number of unbranched alkanes of at least 4 members (excludes halogenated alkanes) is 2. The Labute approximate surface area is 96.0 Å². The van der Waals surface area contributed by atoms with Gasteiger partial charge in [-0.05, 0) is 33.1 Å². The Hall–Kier alpha value is -1.54. The van der Waals surface area contributed by atoms with Crippen molar-refractivity contribution < 1.29 is 14.4 Å². The van der Waals surface area contributed by atoms with Crippen LogP contribution in [-0.2, 0) is 9.59 Å². The zero-order chi connectivity index (χ0) is 12.6. The third-order valence-electron chi connectivity index (χ3n) is 2.55. The molecule has 16 heavy (non-hydrogen) atoms. The molecule has 0 fully saturated rings. The van der Waals surface area contributed by atoms with Gasteiger partial charge in [0.25, 0.3) is 0 Å². The molecule has 0 aromatic heterocycles. The SMILES string of the molecule is C=CCCCCC(=O)C(C)(C)C(=O)C=[N+]=[N-]. The number of Topliss-reactive ketones (excluding diaryl/α,β-unsaturated/α-hetero) is 2. The third-order valence-corrected chi connectivity index (χ3v) is 2.55. The minimum atomic E-state index is -1.10. The molecule has 0 aromatic carbocycles. The van der Waals surface area contributed by atoms with E-state index in [2.05, 4.69) is 11.4 Å². The molecule has 0 aliphatic rings. The van der Waals surface area contributed by atoms with Crippen LogP contribution in [0.5, 0.6) is 0 Å². The first kappa shape index (κ1) is 14.5.